The molecule has 0 bridgehead atoms. The van der Waals surface area contributed by atoms with Crippen LogP contribution in [-0.4, -0.2) is 46.6 Å². The van der Waals surface area contributed by atoms with Crippen LogP contribution in [0.1, 0.15) is 39.5 Å². The Morgan fingerprint density at radius 2 is 1.95 bits per heavy atom. The summed E-state index contributed by atoms with van der Waals surface area (Å²) in [6.07, 6.45) is 3.16. The molecule has 0 unspecified atom stereocenters. The van der Waals surface area contributed by atoms with Gasteiger partial charge in [-0.3, -0.25) is 19.3 Å². The zero-order valence-corrected chi connectivity index (χ0v) is 11.9. The van der Waals surface area contributed by atoms with Crippen molar-refractivity contribution in [1.82, 2.24) is 10.2 Å². The maximum absolute atomic E-state index is 12.1. The second kappa shape index (κ2) is 7.62. The van der Waals surface area contributed by atoms with E-state index in [0.717, 1.165) is 24.2 Å². The number of unbranched alkanes of at least 4 members (excludes halogenated alkanes) is 2. The summed E-state index contributed by atoms with van der Waals surface area (Å²) in [5.41, 5.74) is -0.389. The normalized spacial score (nSPS) is 20.8. The number of rotatable bonds is 7. The minimum Gasteiger partial charge on any atom is -0.410 e. The zero-order chi connectivity index (χ0) is 15.1. The van der Waals surface area contributed by atoms with Gasteiger partial charge in [0.2, 0.25) is 11.8 Å². The van der Waals surface area contributed by atoms with Crippen molar-refractivity contribution in [1.29, 1.82) is 0 Å². The van der Waals surface area contributed by atoms with Gasteiger partial charge in [0.1, 0.15) is 0 Å². The Labute approximate surface area is 118 Å². The lowest BCUT2D eigenvalue weighted by atomic mass is 10.1. The molecule has 0 radical (unpaired) electrons. The van der Waals surface area contributed by atoms with Gasteiger partial charge in [-0.05, 0) is 12.8 Å². The largest absolute Gasteiger partial charge is 0.410 e. The van der Waals surface area contributed by atoms with E-state index < -0.39 is 23.6 Å². The van der Waals surface area contributed by atoms with Crippen molar-refractivity contribution in [2.45, 2.75) is 39.5 Å². The Bertz CT molecular complexity index is 420. The Kier molecular flexibility index (Phi) is 6.14. The van der Waals surface area contributed by atoms with Crippen molar-refractivity contribution < 1.29 is 19.6 Å². The highest BCUT2D eigenvalue weighted by Gasteiger charge is 2.49. The highest BCUT2D eigenvalue weighted by molar-refractivity contribution is 6.54. The minimum absolute atomic E-state index is 0.242. The van der Waals surface area contributed by atoms with E-state index in [-0.39, 0.29) is 12.3 Å². The van der Waals surface area contributed by atoms with Crippen LogP contribution >= 0.6 is 0 Å². The predicted octanol–water partition coefficient (Wildman–Crippen LogP) is 0.518. The van der Waals surface area contributed by atoms with Gasteiger partial charge in [0.15, 0.2) is 11.6 Å². The molecule has 112 valence electrons. The van der Waals surface area contributed by atoms with E-state index in [4.69, 9.17) is 5.21 Å². The standard InChI is InChI=1S/C13H21N3O4/c1-3-5-7-14-11(17)9-10(15-20)13(19)16(12(9)18)8-6-4-2/h9,20H,3-8H2,1-2H3,(H,14,17)/b15-10+/t9-/m0/s1. The number of carbonyl (C=O) groups excluding carboxylic acids is 3. The molecule has 3 amide bonds. The second-order valence-electron chi connectivity index (χ2n) is 4.71. The molecule has 0 saturated carbocycles. The predicted molar refractivity (Wildman–Crippen MR) is 72.3 cm³/mol. The monoisotopic (exact) mass is 283 g/mol. The first-order valence-electron chi connectivity index (χ1n) is 6.93. The first-order chi connectivity index (χ1) is 9.58. The maximum atomic E-state index is 12.1. The second-order valence-corrected chi connectivity index (χ2v) is 4.71. The number of imide groups is 1. The van der Waals surface area contributed by atoms with Crippen LogP contribution in [0.15, 0.2) is 5.16 Å². The van der Waals surface area contributed by atoms with E-state index in [9.17, 15) is 14.4 Å². The van der Waals surface area contributed by atoms with E-state index in [0.29, 0.717) is 13.0 Å². The molecule has 1 saturated heterocycles. The Morgan fingerprint density at radius 3 is 2.50 bits per heavy atom. The highest BCUT2D eigenvalue weighted by Crippen LogP contribution is 2.18. The van der Waals surface area contributed by atoms with E-state index in [1.807, 2.05) is 13.8 Å². The van der Waals surface area contributed by atoms with Gasteiger partial charge in [0.05, 0.1) is 0 Å². The summed E-state index contributed by atoms with van der Waals surface area (Å²) < 4.78 is 0. The van der Waals surface area contributed by atoms with Crippen molar-refractivity contribution in [3.63, 3.8) is 0 Å². The Hall–Kier alpha value is -1.92. The number of carbonyl (C=O) groups is 3. The average Bonchev–Trinajstić information content (AvgIpc) is 2.67. The molecule has 1 aliphatic heterocycles. The van der Waals surface area contributed by atoms with Crippen LogP contribution in [0.2, 0.25) is 0 Å². The molecule has 0 aliphatic carbocycles. The van der Waals surface area contributed by atoms with Crippen molar-refractivity contribution in [3.8, 4) is 0 Å². The molecule has 2 N–H and O–H groups in total. The van der Waals surface area contributed by atoms with Gasteiger partial charge in [-0.2, -0.15) is 0 Å². The van der Waals surface area contributed by atoms with Gasteiger partial charge >= 0.3 is 0 Å². The van der Waals surface area contributed by atoms with E-state index in [1.54, 1.807) is 0 Å². The molecule has 7 nitrogen and oxygen atoms in total. The number of oxime groups is 1. The van der Waals surface area contributed by atoms with Gasteiger partial charge in [-0.25, -0.2) is 0 Å². The fourth-order valence-corrected chi connectivity index (χ4v) is 1.99. The lowest BCUT2D eigenvalue weighted by Crippen LogP contribution is -2.39. The van der Waals surface area contributed by atoms with Gasteiger partial charge in [-0.1, -0.05) is 31.8 Å². The molecule has 7 heteroatoms. The molecule has 1 atom stereocenters. The third kappa shape index (κ3) is 3.34. The molecule has 0 aromatic heterocycles. The van der Waals surface area contributed by atoms with Crippen LogP contribution in [0.5, 0.6) is 0 Å². The summed E-state index contributed by atoms with van der Waals surface area (Å²) >= 11 is 0. The fraction of sp³-hybridized carbons (Fsp3) is 0.692. The van der Waals surface area contributed by atoms with E-state index >= 15 is 0 Å². The molecular formula is C13H21N3O4. The first kappa shape index (κ1) is 16.1. The summed E-state index contributed by atoms with van der Waals surface area (Å²) in [4.78, 5) is 37.0. The summed E-state index contributed by atoms with van der Waals surface area (Å²) in [5.74, 6) is -3.18. The molecule has 0 spiro atoms. The molecule has 0 aromatic rings. The number of hydrogen-bond acceptors (Lipinski definition) is 5. The van der Waals surface area contributed by atoms with Gasteiger partial charge < -0.3 is 10.5 Å². The van der Waals surface area contributed by atoms with Gasteiger partial charge in [0, 0.05) is 13.1 Å². The van der Waals surface area contributed by atoms with Gasteiger partial charge in [-0.15, -0.1) is 0 Å². The van der Waals surface area contributed by atoms with Crippen LogP contribution in [0.3, 0.4) is 0 Å². The van der Waals surface area contributed by atoms with Crippen LogP contribution in [0.25, 0.3) is 0 Å². The number of amides is 3. The van der Waals surface area contributed by atoms with Crippen LogP contribution in [-0.2, 0) is 14.4 Å². The minimum atomic E-state index is -1.32. The fourth-order valence-electron chi connectivity index (χ4n) is 1.99. The summed E-state index contributed by atoms with van der Waals surface area (Å²) in [6.45, 7) is 4.58. The molecule has 0 aromatic carbocycles. The van der Waals surface area contributed by atoms with Crippen molar-refractivity contribution in [2.24, 2.45) is 11.1 Å². The summed E-state index contributed by atoms with van der Waals surface area (Å²) in [5, 5.41) is 14.3. The molecule has 1 rings (SSSR count). The molecular weight excluding hydrogens is 262 g/mol. The van der Waals surface area contributed by atoms with E-state index in [1.165, 1.54) is 0 Å². The van der Waals surface area contributed by atoms with Crippen LogP contribution in [0, 0.1) is 5.92 Å². The third-order valence-corrected chi connectivity index (χ3v) is 3.19. The number of nitrogens with one attached hydrogen (secondary N) is 1. The third-order valence-electron chi connectivity index (χ3n) is 3.19. The Balaban J connectivity index is 2.81. The smallest absolute Gasteiger partial charge is 0.279 e. The quantitative estimate of drug-likeness (QED) is 0.234. The van der Waals surface area contributed by atoms with Crippen molar-refractivity contribution >= 4 is 23.4 Å². The van der Waals surface area contributed by atoms with Crippen LogP contribution < -0.4 is 5.32 Å². The van der Waals surface area contributed by atoms with Gasteiger partial charge in [0.25, 0.3) is 5.91 Å². The summed E-state index contributed by atoms with van der Waals surface area (Å²) in [6, 6.07) is 0. The molecule has 1 aliphatic rings. The average molecular weight is 283 g/mol. The first-order valence-corrected chi connectivity index (χ1v) is 6.93. The maximum Gasteiger partial charge on any atom is 0.279 e. The number of likely N-dealkylation sites (tertiary alicyclic amines) is 1. The molecule has 1 heterocycles. The summed E-state index contributed by atoms with van der Waals surface area (Å²) in [7, 11) is 0. The van der Waals surface area contributed by atoms with Crippen molar-refractivity contribution in [3.05, 3.63) is 0 Å². The lowest BCUT2D eigenvalue weighted by molar-refractivity contribution is -0.141. The van der Waals surface area contributed by atoms with E-state index in [2.05, 4.69) is 10.5 Å². The Morgan fingerprint density at radius 1 is 1.30 bits per heavy atom. The number of hydrogen-bond donors (Lipinski definition) is 2. The lowest BCUT2D eigenvalue weighted by Gasteiger charge is -2.13. The van der Waals surface area contributed by atoms with Crippen LogP contribution in [0.4, 0.5) is 0 Å². The number of nitrogens with zero attached hydrogens (tertiary/aromatic N) is 2. The molecule has 20 heavy (non-hydrogen) atoms. The zero-order valence-electron chi connectivity index (χ0n) is 11.9. The highest BCUT2D eigenvalue weighted by atomic mass is 16.4. The molecule has 1 fully saturated rings. The van der Waals surface area contributed by atoms with Crippen molar-refractivity contribution in [2.75, 3.05) is 13.1 Å². The topological polar surface area (TPSA) is 99.1 Å². The SMILES string of the molecule is CCCCNC(=O)[C@H]1C(=O)N(CCCC)C(=O)/C1=N/O.